The standard InChI is InChI=1S/C19H24N4O4/c1-13-10-18(25)23(19(20-13)22-8-4-5-9-22)12-17(24)21-15-11-14(26-2)6-7-16(15)27-3/h6-7,10-11H,4-5,8-9,12H2,1-3H3,(H,21,24). The molecule has 8 nitrogen and oxygen atoms in total. The Hall–Kier alpha value is -3.03. The minimum absolute atomic E-state index is 0.127. The Bertz CT molecular complexity index is 888. The average Bonchev–Trinajstić information content (AvgIpc) is 3.18. The van der Waals surface area contributed by atoms with E-state index >= 15 is 0 Å². The summed E-state index contributed by atoms with van der Waals surface area (Å²) >= 11 is 0. The second-order valence-corrected chi connectivity index (χ2v) is 6.43. The molecular formula is C19H24N4O4. The minimum Gasteiger partial charge on any atom is -0.497 e. The highest BCUT2D eigenvalue weighted by molar-refractivity contribution is 5.92. The second-order valence-electron chi connectivity index (χ2n) is 6.43. The normalized spacial score (nSPS) is 13.5. The van der Waals surface area contributed by atoms with Crippen molar-refractivity contribution in [2.24, 2.45) is 0 Å². The number of benzene rings is 1. The highest BCUT2D eigenvalue weighted by atomic mass is 16.5. The van der Waals surface area contributed by atoms with Gasteiger partial charge in [0.2, 0.25) is 11.9 Å². The quantitative estimate of drug-likeness (QED) is 0.832. The Labute approximate surface area is 157 Å². The van der Waals surface area contributed by atoms with Gasteiger partial charge in [-0.3, -0.25) is 14.2 Å². The molecule has 1 aliphatic heterocycles. The molecule has 0 radical (unpaired) electrons. The topological polar surface area (TPSA) is 85.7 Å². The summed E-state index contributed by atoms with van der Waals surface area (Å²) in [6, 6.07) is 6.57. The minimum atomic E-state index is -0.338. The SMILES string of the molecule is COc1ccc(OC)c(NC(=O)Cn2c(N3CCCC3)nc(C)cc2=O)c1. The van der Waals surface area contributed by atoms with E-state index in [0.29, 0.717) is 28.8 Å². The number of ether oxygens (including phenoxy) is 2. The number of hydrogen-bond acceptors (Lipinski definition) is 6. The second kappa shape index (κ2) is 8.11. The summed E-state index contributed by atoms with van der Waals surface area (Å²) in [5, 5.41) is 2.79. The molecule has 1 aliphatic rings. The Morgan fingerprint density at radius 1 is 1.19 bits per heavy atom. The van der Waals surface area contributed by atoms with Crippen LogP contribution < -0.4 is 25.2 Å². The van der Waals surface area contributed by atoms with Gasteiger partial charge in [0.05, 0.1) is 19.9 Å². The molecular weight excluding hydrogens is 348 g/mol. The number of rotatable bonds is 6. The monoisotopic (exact) mass is 372 g/mol. The molecule has 2 heterocycles. The summed E-state index contributed by atoms with van der Waals surface area (Å²) in [7, 11) is 3.07. The molecule has 0 atom stereocenters. The van der Waals surface area contributed by atoms with Gasteiger partial charge in [0.1, 0.15) is 18.0 Å². The van der Waals surface area contributed by atoms with Gasteiger partial charge in [0.25, 0.3) is 5.56 Å². The number of amides is 1. The molecule has 1 aromatic heterocycles. The molecule has 1 fully saturated rings. The van der Waals surface area contributed by atoms with Crippen LogP contribution in [0.5, 0.6) is 11.5 Å². The van der Waals surface area contributed by atoms with E-state index < -0.39 is 0 Å². The number of nitrogens with one attached hydrogen (secondary N) is 1. The number of methoxy groups -OCH3 is 2. The third kappa shape index (κ3) is 4.21. The fourth-order valence-corrected chi connectivity index (χ4v) is 3.16. The summed E-state index contributed by atoms with van der Waals surface area (Å²) in [5.74, 6) is 1.32. The lowest BCUT2D eigenvalue weighted by atomic mass is 10.2. The van der Waals surface area contributed by atoms with Crippen molar-refractivity contribution < 1.29 is 14.3 Å². The van der Waals surface area contributed by atoms with E-state index in [-0.39, 0.29) is 18.0 Å². The number of nitrogens with zero attached hydrogens (tertiary/aromatic N) is 3. The summed E-state index contributed by atoms with van der Waals surface area (Å²) in [5.41, 5.74) is 0.892. The first-order valence-corrected chi connectivity index (χ1v) is 8.87. The molecule has 0 bridgehead atoms. The summed E-state index contributed by atoms with van der Waals surface area (Å²) in [4.78, 5) is 31.7. The fraction of sp³-hybridized carbons (Fsp3) is 0.421. The van der Waals surface area contributed by atoms with Gasteiger partial charge in [-0.2, -0.15) is 0 Å². The molecule has 1 aromatic carbocycles. The first-order valence-electron chi connectivity index (χ1n) is 8.87. The molecule has 8 heteroatoms. The van der Waals surface area contributed by atoms with Crippen molar-refractivity contribution in [3.8, 4) is 11.5 Å². The molecule has 0 spiro atoms. The summed E-state index contributed by atoms with van der Waals surface area (Å²) in [6.45, 7) is 3.33. The zero-order valence-electron chi connectivity index (χ0n) is 15.8. The zero-order valence-corrected chi connectivity index (χ0v) is 15.8. The molecule has 1 saturated heterocycles. The van der Waals surface area contributed by atoms with E-state index in [1.165, 1.54) is 17.7 Å². The van der Waals surface area contributed by atoms with Crippen LogP contribution in [0.25, 0.3) is 0 Å². The lowest BCUT2D eigenvalue weighted by Crippen LogP contribution is -2.34. The van der Waals surface area contributed by atoms with Crippen LogP contribution in [0.2, 0.25) is 0 Å². The molecule has 27 heavy (non-hydrogen) atoms. The number of carbonyl (C=O) groups excluding carboxylic acids is 1. The number of aryl methyl sites for hydroxylation is 1. The van der Waals surface area contributed by atoms with E-state index in [0.717, 1.165) is 25.9 Å². The predicted octanol–water partition coefficient (Wildman–Crippen LogP) is 1.81. The summed E-state index contributed by atoms with van der Waals surface area (Å²) in [6.07, 6.45) is 2.11. The molecule has 0 aliphatic carbocycles. The molecule has 1 amide bonds. The van der Waals surface area contributed by atoms with Crippen LogP contribution in [0.15, 0.2) is 29.1 Å². The van der Waals surface area contributed by atoms with Crippen LogP contribution in [0.1, 0.15) is 18.5 Å². The van der Waals surface area contributed by atoms with E-state index in [9.17, 15) is 9.59 Å². The number of hydrogen-bond donors (Lipinski definition) is 1. The van der Waals surface area contributed by atoms with E-state index in [1.54, 1.807) is 32.2 Å². The molecule has 0 saturated carbocycles. The van der Waals surface area contributed by atoms with Crippen molar-refractivity contribution in [1.29, 1.82) is 0 Å². The van der Waals surface area contributed by atoms with Gasteiger partial charge < -0.3 is 19.7 Å². The largest absolute Gasteiger partial charge is 0.497 e. The van der Waals surface area contributed by atoms with Crippen LogP contribution in [0, 0.1) is 6.92 Å². The molecule has 1 N–H and O–H groups in total. The van der Waals surface area contributed by atoms with Gasteiger partial charge in [-0.15, -0.1) is 0 Å². The van der Waals surface area contributed by atoms with Crippen LogP contribution in [0.3, 0.4) is 0 Å². The molecule has 2 aromatic rings. The number of anilines is 2. The van der Waals surface area contributed by atoms with Crippen molar-refractivity contribution in [3.05, 3.63) is 40.3 Å². The first-order chi connectivity index (χ1) is 13.0. The van der Waals surface area contributed by atoms with Crippen molar-refractivity contribution in [3.63, 3.8) is 0 Å². The van der Waals surface area contributed by atoms with Gasteiger partial charge in [-0.1, -0.05) is 0 Å². The van der Waals surface area contributed by atoms with Gasteiger partial charge >= 0.3 is 0 Å². The van der Waals surface area contributed by atoms with Crippen LogP contribution in [0.4, 0.5) is 11.6 Å². The fourth-order valence-electron chi connectivity index (χ4n) is 3.16. The van der Waals surface area contributed by atoms with Crippen molar-refractivity contribution in [1.82, 2.24) is 9.55 Å². The maximum atomic E-state index is 12.6. The van der Waals surface area contributed by atoms with Crippen molar-refractivity contribution in [2.45, 2.75) is 26.3 Å². The van der Waals surface area contributed by atoms with Gasteiger partial charge in [-0.05, 0) is 31.9 Å². The molecule has 3 rings (SSSR count). The third-order valence-electron chi connectivity index (χ3n) is 4.49. The zero-order chi connectivity index (χ0) is 19.4. The smallest absolute Gasteiger partial charge is 0.255 e. The Morgan fingerprint density at radius 3 is 2.59 bits per heavy atom. The third-order valence-corrected chi connectivity index (χ3v) is 4.49. The maximum Gasteiger partial charge on any atom is 0.255 e. The van der Waals surface area contributed by atoms with Crippen molar-refractivity contribution in [2.75, 3.05) is 37.5 Å². The highest BCUT2D eigenvalue weighted by Crippen LogP contribution is 2.29. The average molecular weight is 372 g/mol. The van der Waals surface area contributed by atoms with E-state index in [2.05, 4.69) is 10.3 Å². The maximum absolute atomic E-state index is 12.6. The predicted molar refractivity (Wildman–Crippen MR) is 103 cm³/mol. The molecule has 0 unspecified atom stereocenters. The number of aromatic nitrogens is 2. The van der Waals surface area contributed by atoms with Crippen LogP contribution in [-0.4, -0.2) is 42.8 Å². The van der Waals surface area contributed by atoms with Crippen LogP contribution >= 0.6 is 0 Å². The van der Waals surface area contributed by atoms with Gasteiger partial charge in [0.15, 0.2) is 0 Å². The lowest BCUT2D eigenvalue weighted by Gasteiger charge is -2.21. The Balaban J connectivity index is 1.85. The van der Waals surface area contributed by atoms with Gasteiger partial charge in [-0.25, -0.2) is 4.98 Å². The highest BCUT2D eigenvalue weighted by Gasteiger charge is 2.20. The number of carbonyl (C=O) groups is 1. The van der Waals surface area contributed by atoms with Crippen LogP contribution in [-0.2, 0) is 11.3 Å². The Kier molecular flexibility index (Phi) is 5.63. The first kappa shape index (κ1) is 18.8. The van der Waals surface area contributed by atoms with E-state index in [4.69, 9.17) is 9.47 Å². The van der Waals surface area contributed by atoms with Crippen molar-refractivity contribution >= 4 is 17.5 Å². The lowest BCUT2D eigenvalue weighted by molar-refractivity contribution is -0.116. The summed E-state index contributed by atoms with van der Waals surface area (Å²) < 4.78 is 11.9. The van der Waals surface area contributed by atoms with E-state index in [1.807, 2.05) is 4.90 Å². The Morgan fingerprint density at radius 2 is 1.93 bits per heavy atom. The molecule has 144 valence electrons. The van der Waals surface area contributed by atoms with Gasteiger partial charge in [0, 0.05) is 30.9 Å².